The minimum atomic E-state index is 0. The average molecular weight is 368 g/mol. The molecule has 0 radical (unpaired) electrons. The second-order valence-electron chi connectivity index (χ2n) is 6.95. The van der Waals surface area contributed by atoms with Crippen LogP contribution in [0.1, 0.15) is 44.2 Å². The normalized spacial score (nSPS) is 23.5. The molecule has 2 saturated heterocycles. The Balaban J connectivity index is 0.00000225. The van der Waals surface area contributed by atoms with E-state index >= 15 is 0 Å². The highest BCUT2D eigenvalue weighted by Gasteiger charge is 2.26. The van der Waals surface area contributed by atoms with Crippen LogP contribution in [-0.4, -0.2) is 48.1 Å². The van der Waals surface area contributed by atoms with E-state index in [0.717, 1.165) is 64.1 Å². The van der Waals surface area contributed by atoms with Crippen molar-refractivity contribution in [3.05, 3.63) is 30.1 Å². The first kappa shape index (κ1) is 20.1. The zero-order chi connectivity index (χ0) is 16.6. The first-order valence-corrected chi connectivity index (χ1v) is 9.31. The van der Waals surface area contributed by atoms with Gasteiger partial charge < -0.3 is 15.0 Å². The van der Waals surface area contributed by atoms with E-state index in [1.165, 1.54) is 0 Å². The van der Waals surface area contributed by atoms with E-state index in [-0.39, 0.29) is 18.3 Å². The number of carbonyl (C=O) groups excluding carboxylic acids is 1. The lowest BCUT2D eigenvalue weighted by Crippen LogP contribution is -2.40. The number of nitrogens with zero attached hydrogens (tertiary/aromatic N) is 2. The molecule has 25 heavy (non-hydrogen) atoms. The Hall–Kier alpha value is -1.17. The lowest BCUT2D eigenvalue weighted by molar-refractivity contribution is -0.134. The third-order valence-corrected chi connectivity index (χ3v) is 5.16. The third-order valence-electron chi connectivity index (χ3n) is 5.16. The molecular weight excluding hydrogens is 338 g/mol. The molecule has 1 aromatic heterocycles. The molecule has 2 unspecified atom stereocenters. The maximum atomic E-state index is 13.0. The lowest BCUT2D eigenvalue weighted by Gasteiger charge is -2.31. The van der Waals surface area contributed by atoms with Gasteiger partial charge in [0.05, 0.1) is 12.2 Å². The number of ether oxygens (including phenoxy) is 1. The van der Waals surface area contributed by atoms with Crippen LogP contribution in [0.25, 0.3) is 0 Å². The number of rotatable bonds is 6. The molecule has 2 atom stereocenters. The molecule has 3 heterocycles. The summed E-state index contributed by atoms with van der Waals surface area (Å²) in [5, 5.41) is 3.44. The molecule has 6 heteroatoms. The van der Waals surface area contributed by atoms with Gasteiger partial charge in [-0.05, 0) is 63.2 Å². The predicted molar refractivity (Wildman–Crippen MR) is 101 cm³/mol. The standard InChI is InChI=1S/C19H29N3O2.ClH/c23-19(7-6-16-9-13-24-15-16)22(14-17-4-1-2-11-21-17)18-5-3-10-20-12-8-18;/h1-2,4,11,16,18,20H,3,5-10,12-15H2;1H. The largest absolute Gasteiger partial charge is 0.381 e. The highest BCUT2D eigenvalue weighted by Crippen LogP contribution is 2.22. The molecular formula is C19H30ClN3O2. The Morgan fingerprint density at radius 1 is 1.28 bits per heavy atom. The fourth-order valence-corrected chi connectivity index (χ4v) is 3.68. The van der Waals surface area contributed by atoms with Crippen LogP contribution in [0.15, 0.2) is 24.4 Å². The maximum absolute atomic E-state index is 13.0. The van der Waals surface area contributed by atoms with Gasteiger partial charge in [0.15, 0.2) is 0 Å². The molecule has 140 valence electrons. The zero-order valence-corrected chi connectivity index (χ0v) is 15.7. The van der Waals surface area contributed by atoms with Crippen LogP contribution in [-0.2, 0) is 16.1 Å². The van der Waals surface area contributed by atoms with E-state index in [1.54, 1.807) is 0 Å². The van der Waals surface area contributed by atoms with Crippen molar-refractivity contribution in [2.45, 2.75) is 51.1 Å². The van der Waals surface area contributed by atoms with E-state index in [0.29, 0.717) is 24.9 Å². The van der Waals surface area contributed by atoms with Crippen LogP contribution in [0.3, 0.4) is 0 Å². The number of nitrogens with one attached hydrogen (secondary N) is 1. The smallest absolute Gasteiger partial charge is 0.223 e. The highest BCUT2D eigenvalue weighted by molar-refractivity contribution is 5.85. The number of pyridine rings is 1. The third kappa shape index (κ3) is 6.24. The van der Waals surface area contributed by atoms with Crippen molar-refractivity contribution in [2.75, 3.05) is 26.3 Å². The van der Waals surface area contributed by atoms with Crippen molar-refractivity contribution in [3.63, 3.8) is 0 Å². The van der Waals surface area contributed by atoms with Crippen LogP contribution in [0.4, 0.5) is 0 Å². The van der Waals surface area contributed by atoms with Crippen molar-refractivity contribution in [1.29, 1.82) is 0 Å². The quantitative estimate of drug-likeness (QED) is 0.840. The van der Waals surface area contributed by atoms with Gasteiger partial charge in [-0.3, -0.25) is 9.78 Å². The fourth-order valence-electron chi connectivity index (χ4n) is 3.68. The van der Waals surface area contributed by atoms with Gasteiger partial charge in [-0.15, -0.1) is 12.4 Å². The Kier molecular flexibility index (Phi) is 8.65. The second-order valence-corrected chi connectivity index (χ2v) is 6.95. The Morgan fingerprint density at radius 2 is 2.20 bits per heavy atom. The minimum absolute atomic E-state index is 0. The Bertz CT molecular complexity index is 501. The Labute approximate surface area is 156 Å². The molecule has 0 saturated carbocycles. The molecule has 2 aliphatic heterocycles. The summed E-state index contributed by atoms with van der Waals surface area (Å²) in [6.07, 6.45) is 7.73. The molecule has 1 aromatic rings. The van der Waals surface area contributed by atoms with Crippen molar-refractivity contribution in [2.24, 2.45) is 5.92 Å². The van der Waals surface area contributed by atoms with Gasteiger partial charge in [0, 0.05) is 31.9 Å². The van der Waals surface area contributed by atoms with Crippen molar-refractivity contribution < 1.29 is 9.53 Å². The minimum Gasteiger partial charge on any atom is -0.381 e. The van der Waals surface area contributed by atoms with Crippen LogP contribution >= 0.6 is 12.4 Å². The summed E-state index contributed by atoms with van der Waals surface area (Å²) in [6.45, 7) is 4.35. The SMILES string of the molecule is Cl.O=C(CCC1CCOC1)N(Cc1ccccn1)C1CCCNCC1. The maximum Gasteiger partial charge on any atom is 0.223 e. The number of hydrogen-bond acceptors (Lipinski definition) is 4. The number of amides is 1. The summed E-state index contributed by atoms with van der Waals surface area (Å²) in [4.78, 5) is 19.5. The number of hydrogen-bond donors (Lipinski definition) is 1. The van der Waals surface area contributed by atoms with Gasteiger partial charge in [-0.1, -0.05) is 6.07 Å². The van der Waals surface area contributed by atoms with Crippen LogP contribution in [0.5, 0.6) is 0 Å². The molecule has 5 nitrogen and oxygen atoms in total. The van der Waals surface area contributed by atoms with E-state index < -0.39 is 0 Å². The van der Waals surface area contributed by atoms with Crippen LogP contribution in [0, 0.1) is 5.92 Å². The first-order chi connectivity index (χ1) is 11.8. The highest BCUT2D eigenvalue weighted by atomic mass is 35.5. The van der Waals surface area contributed by atoms with Gasteiger partial charge in [0.1, 0.15) is 0 Å². The van der Waals surface area contributed by atoms with E-state index in [9.17, 15) is 4.79 Å². The molecule has 1 N–H and O–H groups in total. The first-order valence-electron chi connectivity index (χ1n) is 9.31. The van der Waals surface area contributed by atoms with Gasteiger partial charge in [-0.2, -0.15) is 0 Å². The molecule has 2 fully saturated rings. The number of aromatic nitrogens is 1. The van der Waals surface area contributed by atoms with Gasteiger partial charge >= 0.3 is 0 Å². The van der Waals surface area contributed by atoms with E-state index in [4.69, 9.17) is 4.74 Å². The molecule has 1 amide bonds. The predicted octanol–water partition coefficient (Wildman–Crippen LogP) is 2.79. The summed E-state index contributed by atoms with van der Waals surface area (Å²) >= 11 is 0. The molecule has 0 spiro atoms. The van der Waals surface area contributed by atoms with Crippen molar-refractivity contribution in [3.8, 4) is 0 Å². The molecule has 3 rings (SSSR count). The number of carbonyl (C=O) groups is 1. The summed E-state index contributed by atoms with van der Waals surface area (Å²) in [6, 6.07) is 6.26. The Morgan fingerprint density at radius 3 is 2.96 bits per heavy atom. The monoisotopic (exact) mass is 367 g/mol. The molecule has 0 bridgehead atoms. The second kappa shape index (κ2) is 10.7. The summed E-state index contributed by atoms with van der Waals surface area (Å²) in [5.41, 5.74) is 0.979. The van der Waals surface area contributed by atoms with Crippen LogP contribution < -0.4 is 5.32 Å². The van der Waals surface area contributed by atoms with Gasteiger partial charge in [0.25, 0.3) is 0 Å². The molecule has 2 aliphatic rings. The average Bonchev–Trinajstić information content (AvgIpc) is 3.00. The summed E-state index contributed by atoms with van der Waals surface area (Å²) < 4.78 is 5.44. The summed E-state index contributed by atoms with van der Waals surface area (Å²) in [5.74, 6) is 0.834. The van der Waals surface area contributed by atoms with Gasteiger partial charge in [0.2, 0.25) is 5.91 Å². The van der Waals surface area contributed by atoms with Crippen molar-refractivity contribution in [1.82, 2.24) is 15.2 Å². The zero-order valence-electron chi connectivity index (χ0n) is 14.9. The van der Waals surface area contributed by atoms with Crippen LogP contribution in [0.2, 0.25) is 0 Å². The van der Waals surface area contributed by atoms with E-state index in [1.807, 2.05) is 24.4 Å². The topological polar surface area (TPSA) is 54.5 Å². The molecule has 0 aliphatic carbocycles. The van der Waals surface area contributed by atoms with Crippen molar-refractivity contribution >= 4 is 18.3 Å². The number of halogens is 1. The van der Waals surface area contributed by atoms with E-state index in [2.05, 4.69) is 15.2 Å². The fraction of sp³-hybridized carbons (Fsp3) is 0.684. The molecule has 0 aromatic carbocycles. The van der Waals surface area contributed by atoms with Gasteiger partial charge in [-0.25, -0.2) is 0 Å². The summed E-state index contributed by atoms with van der Waals surface area (Å²) in [7, 11) is 0. The lowest BCUT2D eigenvalue weighted by atomic mass is 10.0.